The fraction of sp³-hybridized carbons (Fsp3) is 0.381. The Kier molecular flexibility index (Phi) is 6.85. The molecule has 7 heteroatoms. The van der Waals surface area contributed by atoms with Crippen LogP contribution in [0.15, 0.2) is 49.6 Å². The number of hydrogen-bond donors (Lipinski definition) is 1. The molecule has 0 spiro atoms. The average molecular weight is 390 g/mol. The van der Waals surface area contributed by atoms with Gasteiger partial charge in [0.1, 0.15) is 24.9 Å². The number of esters is 2. The van der Waals surface area contributed by atoms with Crippen LogP contribution in [0.2, 0.25) is 0 Å². The Hall–Kier alpha value is -2.80. The summed E-state index contributed by atoms with van der Waals surface area (Å²) in [5.74, 6) is -6.37. The molecule has 4 atom stereocenters. The summed E-state index contributed by atoms with van der Waals surface area (Å²) in [5.41, 5.74) is -1.42. The fourth-order valence-electron chi connectivity index (χ4n) is 3.56. The van der Waals surface area contributed by atoms with E-state index in [4.69, 9.17) is 9.47 Å². The Balaban J connectivity index is 2.56. The number of benzene rings is 1. The van der Waals surface area contributed by atoms with Crippen LogP contribution in [0.1, 0.15) is 24.8 Å². The molecule has 1 N–H and O–H groups in total. The molecule has 0 unspecified atom stereocenters. The van der Waals surface area contributed by atoms with Gasteiger partial charge in [-0.3, -0.25) is 14.4 Å². The molecule has 2 rings (SSSR count). The van der Waals surface area contributed by atoms with E-state index in [0.29, 0.717) is 5.56 Å². The maximum atomic E-state index is 13.4. The van der Waals surface area contributed by atoms with Gasteiger partial charge in [-0.25, -0.2) is 4.39 Å². The Morgan fingerprint density at radius 3 is 2.25 bits per heavy atom. The standard InChI is InChI=1S/C21H23FO6/c1-4-10-27-19(24)17-15(23)12-21(3,26)18(20(25)28-11-5-2)16(17)13-6-8-14(22)9-7-13/h4-9,16-18,26H,1-2,10-12H2,3H3/t16-,17-,18-,21+/m1/s1. The zero-order valence-corrected chi connectivity index (χ0v) is 15.6. The maximum Gasteiger partial charge on any atom is 0.317 e. The van der Waals surface area contributed by atoms with Crippen molar-refractivity contribution in [3.8, 4) is 0 Å². The number of ether oxygens (including phenoxy) is 2. The summed E-state index contributed by atoms with van der Waals surface area (Å²) >= 11 is 0. The molecule has 28 heavy (non-hydrogen) atoms. The maximum absolute atomic E-state index is 13.4. The third kappa shape index (κ3) is 4.54. The SMILES string of the molecule is C=CCOC(=O)[C@@H]1C(=O)C[C@](C)(O)[C@@H](C(=O)OCC=C)[C@@H]1c1ccc(F)cc1. The first-order chi connectivity index (χ1) is 13.2. The summed E-state index contributed by atoms with van der Waals surface area (Å²) in [6.45, 7) is 8.06. The van der Waals surface area contributed by atoms with E-state index in [0.717, 1.165) is 12.1 Å². The van der Waals surface area contributed by atoms with E-state index in [-0.39, 0.29) is 13.2 Å². The van der Waals surface area contributed by atoms with Crippen molar-refractivity contribution in [2.45, 2.75) is 24.9 Å². The van der Waals surface area contributed by atoms with Gasteiger partial charge in [-0.1, -0.05) is 37.4 Å². The molecule has 0 aromatic heterocycles. The van der Waals surface area contributed by atoms with Crippen LogP contribution in [-0.4, -0.2) is 41.6 Å². The zero-order chi connectivity index (χ0) is 20.9. The molecule has 0 amide bonds. The predicted octanol–water partition coefficient (Wildman–Crippen LogP) is 2.32. The highest BCUT2D eigenvalue weighted by molar-refractivity contribution is 6.02. The number of aliphatic hydroxyl groups is 1. The molecule has 6 nitrogen and oxygen atoms in total. The molecule has 1 aromatic rings. The third-order valence-electron chi connectivity index (χ3n) is 4.72. The summed E-state index contributed by atoms with van der Waals surface area (Å²) < 4.78 is 23.6. The molecule has 1 fully saturated rings. The summed E-state index contributed by atoms with van der Waals surface area (Å²) in [6, 6.07) is 5.05. The largest absolute Gasteiger partial charge is 0.461 e. The molecule has 0 saturated heterocycles. The Labute approximate surface area is 162 Å². The number of halogens is 1. The highest BCUT2D eigenvalue weighted by Gasteiger charge is 2.57. The van der Waals surface area contributed by atoms with Gasteiger partial charge in [-0.2, -0.15) is 0 Å². The first-order valence-corrected chi connectivity index (χ1v) is 8.78. The predicted molar refractivity (Wildman–Crippen MR) is 98.7 cm³/mol. The van der Waals surface area contributed by atoms with Crippen molar-refractivity contribution in [1.29, 1.82) is 0 Å². The second-order valence-electron chi connectivity index (χ2n) is 6.87. The number of hydrogen-bond acceptors (Lipinski definition) is 6. The van der Waals surface area contributed by atoms with Crippen molar-refractivity contribution in [3.63, 3.8) is 0 Å². The highest BCUT2D eigenvalue weighted by Crippen LogP contribution is 2.46. The van der Waals surface area contributed by atoms with Crippen molar-refractivity contribution in [3.05, 3.63) is 61.0 Å². The average Bonchev–Trinajstić information content (AvgIpc) is 2.63. The van der Waals surface area contributed by atoms with E-state index >= 15 is 0 Å². The molecule has 0 heterocycles. The van der Waals surface area contributed by atoms with Crippen LogP contribution in [0.5, 0.6) is 0 Å². The Bertz CT molecular complexity index is 768. The van der Waals surface area contributed by atoms with Crippen molar-refractivity contribution in [1.82, 2.24) is 0 Å². The van der Waals surface area contributed by atoms with E-state index in [1.807, 2.05) is 0 Å². The topological polar surface area (TPSA) is 89.9 Å². The Morgan fingerprint density at radius 2 is 1.71 bits per heavy atom. The fourth-order valence-corrected chi connectivity index (χ4v) is 3.56. The van der Waals surface area contributed by atoms with Gasteiger partial charge in [-0.05, 0) is 24.6 Å². The summed E-state index contributed by atoms with van der Waals surface area (Å²) in [5, 5.41) is 10.8. The number of ketones is 1. The van der Waals surface area contributed by atoms with Gasteiger partial charge in [0.05, 0.1) is 11.5 Å². The molecule has 1 aromatic carbocycles. The van der Waals surface area contributed by atoms with Gasteiger partial charge in [0.2, 0.25) is 0 Å². The van der Waals surface area contributed by atoms with Crippen LogP contribution in [0.3, 0.4) is 0 Å². The van der Waals surface area contributed by atoms with Crippen LogP contribution < -0.4 is 0 Å². The third-order valence-corrected chi connectivity index (χ3v) is 4.72. The van der Waals surface area contributed by atoms with Gasteiger partial charge in [0.25, 0.3) is 0 Å². The minimum Gasteiger partial charge on any atom is -0.461 e. The lowest BCUT2D eigenvalue weighted by Crippen LogP contribution is -2.55. The lowest BCUT2D eigenvalue weighted by Gasteiger charge is -2.43. The van der Waals surface area contributed by atoms with Gasteiger partial charge in [-0.15, -0.1) is 0 Å². The Morgan fingerprint density at radius 1 is 1.18 bits per heavy atom. The van der Waals surface area contributed by atoms with E-state index < -0.39 is 53.3 Å². The number of carbonyl (C=O) groups is 3. The number of carbonyl (C=O) groups excluding carboxylic acids is 3. The first kappa shape index (κ1) is 21.5. The molecular formula is C21H23FO6. The smallest absolute Gasteiger partial charge is 0.317 e. The number of Topliss-reactive ketones (excluding diaryl/α,β-unsaturated/α-hetero) is 1. The quantitative estimate of drug-likeness (QED) is 0.437. The zero-order valence-electron chi connectivity index (χ0n) is 15.6. The molecule has 0 aliphatic heterocycles. The van der Waals surface area contributed by atoms with E-state index in [1.54, 1.807) is 0 Å². The normalized spacial score (nSPS) is 27.0. The minimum atomic E-state index is -1.76. The van der Waals surface area contributed by atoms with E-state index in [2.05, 4.69) is 13.2 Å². The van der Waals surface area contributed by atoms with Gasteiger partial charge in [0.15, 0.2) is 5.78 Å². The second kappa shape index (κ2) is 8.93. The summed E-state index contributed by atoms with van der Waals surface area (Å²) in [6.07, 6.45) is 2.29. The molecule has 1 aliphatic carbocycles. The first-order valence-electron chi connectivity index (χ1n) is 8.78. The monoisotopic (exact) mass is 390 g/mol. The van der Waals surface area contributed by atoms with Crippen LogP contribution >= 0.6 is 0 Å². The van der Waals surface area contributed by atoms with Crippen molar-refractivity contribution < 1.29 is 33.4 Å². The van der Waals surface area contributed by atoms with Crippen LogP contribution in [0, 0.1) is 17.7 Å². The molecule has 0 radical (unpaired) electrons. The van der Waals surface area contributed by atoms with E-state index in [1.165, 1.54) is 31.2 Å². The summed E-state index contributed by atoms with van der Waals surface area (Å²) in [4.78, 5) is 38.0. The second-order valence-corrected chi connectivity index (χ2v) is 6.87. The van der Waals surface area contributed by atoms with Gasteiger partial charge < -0.3 is 14.6 Å². The van der Waals surface area contributed by atoms with Crippen LogP contribution in [-0.2, 0) is 23.9 Å². The summed E-state index contributed by atoms with van der Waals surface area (Å²) in [7, 11) is 0. The van der Waals surface area contributed by atoms with Crippen LogP contribution in [0.25, 0.3) is 0 Å². The van der Waals surface area contributed by atoms with Crippen molar-refractivity contribution >= 4 is 17.7 Å². The lowest BCUT2D eigenvalue weighted by molar-refractivity contribution is -0.171. The number of rotatable bonds is 7. The lowest BCUT2D eigenvalue weighted by atomic mass is 9.62. The molecule has 0 bridgehead atoms. The van der Waals surface area contributed by atoms with Crippen molar-refractivity contribution in [2.24, 2.45) is 11.8 Å². The molecule has 1 aliphatic rings. The van der Waals surface area contributed by atoms with Crippen LogP contribution in [0.4, 0.5) is 4.39 Å². The molecular weight excluding hydrogens is 367 g/mol. The van der Waals surface area contributed by atoms with Gasteiger partial charge in [0, 0.05) is 12.3 Å². The highest BCUT2D eigenvalue weighted by atomic mass is 19.1. The molecule has 150 valence electrons. The van der Waals surface area contributed by atoms with Crippen molar-refractivity contribution in [2.75, 3.05) is 13.2 Å². The molecule has 1 saturated carbocycles. The van der Waals surface area contributed by atoms with Gasteiger partial charge >= 0.3 is 11.9 Å². The van der Waals surface area contributed by atoms with E-state index in [9.17, 15) is 23.9 Å². The minimum absolute atomic E-state index is 0.0962.